The van der Waals surface area contributed by atoms with Crippen molar-refractivity contribution in [2.75, 3.05) is 20.6 Å². The first-order valence-electron chi connectivity index (χ1n) is 5.78. The highest BCUT2D eigenvalue weighted by molar-refractivity contribution is 9.10. The van der Waals surface area contributed by atoms with E-state index in [1.165, 1.54) is 0 Å². The van der Waals surface area contributed by atoms with Crippen LogP contribution >= 0.6 is 15.9 Å². The van der Waals surface area contributed by atoms with Crippen LogP contribution in [0.25, 0.3) is 0 Å². The van der Waals surface area contributed by atoms with Crippen LogP contribution in [0.15, 0.2) is 33.6 Å². The molecule has 1 aromatic carbocycles. The summed E-state index contributed by atoms with van der Waals surface area (Å²) in [5.41, 5.74) is 0.0163. The van der Waals surface area contributed by atoms with Crippen molar-refractivity contribution < 1.29 is 8.42 Å². The van der Waals surface area contributed by atoms with Crippen molar-refractivity contribution >= 4 is 26.0 Å². The zero-order valence-electron chi connectivity index (χ0n) is 10.5. The molecule has 0 unspecified atom stereocenters. The smallest absolute Gasteiger partial charge is 0.240 e. The van der Waals surface area contributed by atoms with Gasteiger partial charge in [0.25, 0.3) is 0 Å². The summed E-state index contributed by atoms with van der Waals surface area (Å²) >= 11 is 3.29. The lowest BCUT2D eigenvalue weighted by molar-refractivity contribution is 0.272. The Kier molecular flexibility index (Phi) is 3.82. The summed E-state index contributed by atoms with van der Waals surface area (Å²) in [6.07, 6.45) is 2.09. The van der Waals surface area contributed by atoms with Gasteiger partial charge >= 0.3 is 0 Å². The van der Waals surface area contributed by atoms with Crippen molar-refractivity contribution in [3.05, 3.63) is 28.7 Å². The highest BCUT2D eigenvalue weighted by Gasteiger charge is 2.45. The van der Waals surface area contributed by atoms with E-state index in [4.69, 9.17) is 0 Å². The maximum atomic E-state index is 12.1. The van der Waals surface area contributed by atoms with Gasteiger partial charge in [0, 0.05) is 16.6 Å². The fourth-order valence-corrected chi connectivity index (χ4v) is 3.24. The van der Waals surface area contributed by atoms with E-state index in [1.807, 2.05) is 14.1 Å². The molecule has 0 radical (unpaired) electrons. The third-order valence-electron chi connectivity index (χ3n) is 3.49. The number of nitrogens with one attached hydrogen (secondary N) is 1. The molecule has 1 fully saturated rings. The van der Waals surface area contributed by atoms with Gasteiger partial charge in [-0.25, -0.2) is 13.1 Å². The number of halogens is 1. The van der Waals surface area contributed by atoms with Crippen molar-refractivity contribution in [1.29, 1.82) is 0 Å². The maximum Gasteiger partial charge on any atom is 0.240 e. The first-order chi connectivity index (χ1) is 8.36. The molecule has 100 valence electrons. The summed E-state index contributed by atoms with van der Waals surface area (Å²) < 4.78 is 27.8. The van der Waals surface area contributed by atoms with Crippen LogP contribution in [0.2, 0.25) is 0 Å². The lowest BCUT2D eigenvalue weighted by Gasteiger charge is -2.23. The maximum absolute atomic E-state index is 12.1. The van der Waals surface area contributed by atoms with Crippen molar-refractivity contribution in [3.63, 3.8) is 0 Å². The van der Waals surface area contributed by atoms with Crippen LogP contribution in [0, 0.1) is 0 Å². The number of hydrogen-bond donors (Lipinski definition) is 1. The van der Waals surface area contributed by atoms with Crippen LogP contribution < -0.4 is 4.72 Å². The van der Waals surface area contributed by atoms with E-state index in [0.29, 0.717) is 11.4 Å². The Bertz CT molecular complexity index is 522. The Labute approximate surface area is 117 Å². The van der Waals surface area contributed by atoms with E-state index in [0.717, 1.165) is 17.3 Å². The lowest BCUT2D eigenvalue weighted by atomic mass is 10.2. The van der Waals surface area contributed by atoms with Crippen LogP contribution in [0.3, 0.4) is 0 Å². The molecule has 0 saturated heterocycles. The third-order valence-corrected chi connectivity index (χ3v) is 5.44. The highest BCUT2D eigenvalue weighted by Crippen LogP contribution is 2.39. The van der Waals surface area contributed by atoms with Crippen molar-refractivity contribution in [1.82, 2.24) is 9.62 Å². The molecule has 6 heteroatoms. The van der Waals surface area contributed by atoms with Crippen LogP contribution in [-0.4, -0.2) is 39.5 Å². The highest BCUT2D eigenvalue weighted by atomic mass is 79.9. The minimum atomic E-state index is -3.40. The number of likely N-dealkylation sites (N-methyl/N-ethyl adjacent to an activating group) is 1. The van der Waals surface area contributed by atoms with Crippen LogP contribution in [0.4, 0.5) is 0 Å². The summed E-state index contributed by atoms with van der Waals surface area (Å²) in [7, 11) is 0.573. The summed E-state index contributed by atoms with van der Waals surface area (Å²) in [5.74, 6) is 0. The second-order valence-electron chi connectivity index (χ2n) is 4.90. The van der Waals surface area contributed by atoms with E-state index in [2.05, 4.69) is 25.6 Å². The van der Waals surface area contributed by atoms with Gasteiger partial charge in [-0.15, -0.1) is 0 Å². The Morgan fingerprint density at radius 1 is 1.28 bits per heavy atom. The molecule has 18 heavy (non-hydrogen) atoms. The van der Waals surface area contributed by atoms with E-state index in [9.17, 15) is 8.42 Å². The van der Waals surface area contributed by atoms with Gasteiger partial charge in [0.2, 0.25) is 10.0 Å². The lowest BCUT2D eigenvalue weighted by Crippen LogP contribution is -2.42. The van der Waals surface area contributed by atoms with Gasteiger partial charge in [0.15, 0.2) is 0 Å². The molecule has 1 aliphatic rings. The summed E-state index contributed by atoms with van der Waals surface area (Å²) in [4.78, 5) is 2.40. The van der Waals surface area contributed by atoms with Crippen LogP contribution in [-0.2, 0) is 10.0 Å². The molecule has 0 spiro atoms. The van der Waals surface area contributed by atoms with Gasteiger partial charge in [0.05, 0.1) is 4.90 Å². The zero-order chi connectivity index (χ0) is 13.4. The normalized spacial score (nSPS) is 18.0. The molecule has 0 aromatic heterocycles. The first-order valence-corrected chi connectivity index (χ1v) is 8.06. The van der Waals surface area contributed by atoms with Gasteiger partial charge in [-0.05, 0) is 51.2 Å². The average molecular weight is 333 g/mol. The Morgan fingerprint density at radius 2 is 1.83 bits per heavy atom. The van der Waals surface area contributed by atoms with Gasteiger partial charge in [-0.3, -0.25) is 0 Å². The second kappa shape index (κ2) is 4.92. The molecule has 0 atom stereocenters. The van der Waals surface area contributed by atoms with Crippen molar-refractivity contribution in [3.8, 4) is 0 Å². The number of rotatable bonds is 5. The summed E-state index contributed by atoms with van der Waals surface area (Å²) in [6.45, 7) is 0.471. The molecule has 1 saturated carbocycles. The van der Waals surface area contributed by atoms with Crippen molar-refractivity contribution in [2.24, 2.45) is 0 Å². The number of nitrogens with zero attached hydrogens (tertiary/aromatic N) is 1. The number of hydrogen-bond acceptors (Lipinski definition) is 3. The molecule has 1 N–H and O–H groups in total. The average Bonchev–Trinajstić information content (AvgIpc) is 3.08. The molecule has 1 aromatic rings. The fraction of sp³-hybridized carbons (Fsp3) is 0.500. The molecule has 1 aliphatic carbocycles. The standard InChI is InChI=1S/C12H17BrN2O2S/c1-15(2)12(7-8-12)9-14-18(16,17)11-5-3-10(13)4-6-11/h3-6,14H,7-9H2,1-2H3. The molecule has 0 heterocycles. The van der Waals surface area contributed by atoms with Gasteiger partial charge < -0.3 is 4.90 Å². The van der Waals surface area contributed by atoms with Gasteiger partial charge in [0.1, 0.15) is 0 Å². The molecule has 0 aliphatic heterocycles. The van der Waals surface area contributed by atoms with E-state index in [1.54, 1.807) is 24.3 Å². The van der Waals surface area contributed by atoms with E-state index in [-0.39, 0.29) is 5.54 Å². The molecule has 4 nitrogen and oxygen atoms in total. The van der Waals surface area contributed by atoms with Crippen LogP contribution in [0.5, 0.6) is 0 Å². The van der Waals surface area contributed by atoms with Crippen molar-refractivity contribution in [2.45, 2.75) is 23.3 Å². The minimum Gasteiger partial charge on any atom is -0.302 e. The molecule has 2 rings (SSSR count). The predicted octanol–water partition coefficient (Wildman–Crippen LogP) is 1.82. The second-order valence-corrected chi connectivity index (χ2v) is 7.58. The molecule has 0 amide bonds. The Hall–Kier alpha value is -0.430. The number of sulfonamides is 1. The Balaban J connectivity index is 2.06. The third kappa shape index (κ3) is 2.93. The van der Waals surface area contributed by atoms with Gasteiger partial charge in [-0.1, -0.05) is 15.9 Å². The van der Waals surface area contributed by atoms with E-state index < -0.39 is 10.0 Å². The van der Waals surface area contributed by atoms with E-state index >= 15 is 0 Å². The molecular formula is C12H17BrN2O2S. The van der Waals surface area contributed by atoms with Crippen LogP contribution in [0.1, 0.15) is 12.8 Å². The summed E-state index contributed by atoms with van der Waals surface area (Å²) in [5, 5.41) is 0. The summed E-state index contributed by atoms with van der Waals surface area (Å²) in [6, 6.07) is 6.66. The SMILES string of the molecule is CN(C)C1(CNS(=O)(=O)c2ccc(Br)cc2)CC1. The first kappa shape index (κ1) is 14.0. The largest absolute Gasteiger partial charge is 0.302 e. The minimum absolute atomic E-state index is 0.0163. The monoisotopic (exact) mass is 332 g/mol. The molecular weight excluding hydrogens is 316 g/mol. The number of benzene rings is 1. The fourth-order valence-electron chi connectivity index (χ4n) is 1.85. The zero-order valence-corrected chi connectivity index (χ0v) is 12.9. The Morgan fingerprint density at radius 3 is 2.28 bits per heavy atom. The molecule has 0 bridgehead atoms. The topological polar surface area (TPSA) is 49.4 Å². The quantitative estimate of drug-likeness (QED) is 0.894. The van der Waals surface area contributed by atoms with Gasteiger partial charge in [-0.2, -0.15) is 0 Å². The predicted molar refractivity (Wildman–Crippen MR) is 75.0 cm³/mol.